The summed E-state index contributed by atoms with van der Waals surface area (Å²) in [7, 11) is -3.92. The number of carbonyl (C=O) groups is 3. The van der Waals surface area contributed by atoms with Crippen LogP contribution in [0.1, 0.15) is 29.7 Å². The van der Waals surface area contributed by atoms with Crippen LogP contribution in [-0.4, -0.2) is 81.1 Å². The fourth-order valence-corrected chi connectivity index (χ4v) is 6.29. The lowest BCUT2D eigenvalue weighted by atomic mass is 9.93. The number of hydrogen-bond donors (Lipinski definition) is 4. The number of benzene rings is 2. The van der Waals surface area contributed by atoms with Crippen LogP contribution in [0.2, 0.25) is 0 Å². The fraction of sp³-hybridized carbons (Fsp3) is 0.250. The number of para-hydroxylation sites is 1. The normalized spacial score (nSPS) is 15.4. The van der Waals surface area contributed by atoms with Crippen molar-refractivity contribution < 1.29 is 74.1 Å². The molecule has 0 saturated carbocycles. The number of amides is 1. The number of nitrogens with one attached hydrogen (secondary N) is 1. The van der Waals surface area contributed by atoms with Gasteiger partial charge >= 0.3 is 24.3 Å². The van der Waals surface area contributed by atoms with E-state index in [4.69, 9.17) is 34.6 Å². The first-order valence-corrected chi connectivity index (χ1v) is 16.3. The fourth-order valence-electron chi connectivity index (χ4n) is 4.62. The van der Waals surface area contributed by atoms with E-state index >= 15 is 0 Å². The number of aliphatic carboxylic acids is 2. The number of oxime groups is 1. The Morgan fingerprint density at radius 1 is 0.925 bits per heavy atom. The number of carboxylic acid groups (broad SMARTS) is 2. The van der Waals surface area contributed by atoms with E-state index < -0.39 is 57.8 Å². The van der Waals surface area contributed by atoms with Crippen molar-refractivity contribution >= 4 is 44.3 Å². The number of alkyl halides is 6. The van der Waals surface area contributed by atoms with Gasteiger partial charge in [-0.3, -0.25) is 20.0 Å². The predicted octanol–water partition coefficient (Wildman–Crippen LogP) is 5.02. The van der Waals surface area contributed by atoms with Crippen LogP contribution in [0.4, 0.5) is 26.3 Å². The summed E-state index contributed by atoms with van der Waals surface area (Å²) < 4.78 is 96.2. The van der Waals surface area contributed by atoms with Crippen LogP contribution in [-0.2, 0) is 35.7 Å². The van der Waals surface area contributed by atoms with Crippen molar-refractivity contribution in [2.45, 2.75) is 49.2 Å². The van der Waals surface area contributed by atoms with Gasteiger partial charge in [0.25, 0.3) is 0 Å². The van der Waals surface area contributed by atoms with E-state index in [9.17, 15) is 39.6 Å². The van der Waals surface area contributed by atoms with Crippen molar-refractivity contribution in [3.05, 3.63) is 95.9 Å². The summed E-state index contributed by atoms with van der Waals surface area (Å²) in [6.45, 7) is 2.21. The number of hydrogen-bond acceptors (Lipinski definition) is 11. The zero-order chi connectivity index (χ0) is 39.6. The Kier molecular flexibility index (Phi) is 13.4. The van der Waals surface area contributed by atoms with Gasteiger partial charge in [-0.1, -0.05) is 23.4 Å². The Hall–Kier alpha value is -5.83. The Morgan fingerprint density at radius 3 is 2.04 bits per heavy atom. The smallest absolute Gasteiger partial charge is 0.489 e. The second-order valence-electron chi connectivity index (χ2n) is 11.0. The molecule has 0 saturated heterocycles. The zero-order valence-corrected chi connectivity index (χ0v) is 27.9. The number of rotatable bonds is 9. The number of carboxylic acids is 2. The monoisotopic (exact) mass is 774 g/mol. The van der Waals surface area contributed by atoms with Crippen LogP contribution in [0.3, 0.4) is 0 Å². The topological polar surface area (TPSA) is 215 Å². The summed E-state index contributed by atoms with van der Waals surface area (Å²) >= 11 is 0. The number of aryl methyl sites for hydroxylation is 1. The average molecular weight is 775 g/mol. The highest BCUT2D eigenvalue weighted by Crippen LogP contribution is 2.34. The average Bonchev–Trinajstić information content (AvgIpc) is 3.49. The highest BCUT2D eigenvalue weighted by Gasteiger charge is 2.46. The van der Waals surface area contributed by atoms with Crippen LogP contribution < -0.4 is 10.2 Å². The number of nitrogens with zero attached hydrogens (tertiary/aromatic N) is 3. The van der Waals surface area contributed by atoms with Crippen molar-refractivity contribution in [2.75, 3.05) is 5.75 Å². The van der Waals surface area contributed by atoms with Gasteiger partial charge in [-0.2, -0.15) is 26.3 Å². The molecular formula is C32H28F6N4O10S. The predicted molar refractivity (Wildman–Crippen MR) is 170 cm³/mol. The number of pyridine rings is 2. The van der Waals surface area contributed by atoms with Gasteiger partial charge in [-0.05, 0) is 55.5 Å². The van der Waals surface area contributed by atoms with Crippen LogP contribution >= 0.6 is 0 Å². The highest BCUT2D eigenvalue weighted by molar-refractivity contribution is 7.91. The van der Waals surface area contributed by atoms with E-state index in [1.807, 2.05) is 37.3 Å². The number of hydroxylamine groups is 1. The second-order valence-corrected chi connectivity index (χ2v) is 13.0. The molecule has 1 amide bonds. The van der Waals surface area contributed by atoms with Gasteiger partial charge in [0.2, 0.25) is 5.91 Å². The Balaban J connectivity index is 0.000000458. The molecule has 5 rings (SSSR count). The SMILES string of the molecule is Cc1cc(COc2ccc(S(=O)(=O)CC3(CC(=O)NO)CC(c4ccncc4)=NO3)cc2)c2ccccc2n1.O=C(O)C(F)(F)F.O=C(O)C(F)(F)F. The molecule has 1 aliphatic rings. The van der Waals surface area contributed by atoms with Crippen LogP contribution in [0.5, 0.6) is 5.75 Å². The van der Waals surface area contributed by atoms with Crippen LogP contribution in [0, 0.1) is 6.92 Å². The largest absolute Gasteiger partial charge is 0.490 e. The number of ether oxygens (including phenoxy) is 1. The van der Waals surface area contributed by atoms with Gasteiger partial charge < -0.3 is 19.8 Å². The van der Waals surface area contributed by atoms with Crippen molar-refractivity contribution in [1.82, 2.24) is 15.4 Å². The summed E-state index contributed by atoms with van der Waals surface area (Å²) in [5.74, 6) is -6.31. The molecule has 4 aromatic rings. The number of sulfone groups is 1. The van der Waals surface area contributed by atoms with Gasteiger partial charge in [0.05, 0.1) is 28.3 Å². The van der Waals surface area contributed by atoms with Crippen molar-refractivity contribution in [3.63, 3.8) is 0 Å². The number of fused-ring (bicyclic) bond motifs is 1. The summed E-state index contributed by atoms with van der Waals surface area (Å²) in [5, 5.41) is 28.4. The lowest BCUT2D eigenvalue weighted by molar-refractivity contribution is -0.193. The molecule has 0 aliphatic carbocycles. The van der Waals surface area contributed by atoms with Gasteiger partial charge in [-0.15, -0.1) is 0 Å². The van der Waals surface area contributed by atoms with E-state index in [2.05, 4.69) is 15.1 Å². The summed E-state index contributed by atoms with van der Waals surface area (Å²) in [6.07, 6.45) is -7.35. The molecule has 21 heteroatoms. The Bertz CT molecular complexity index is 2040. The molecule has 14 nitrogen and oxygen atoms in total. The molecule has 2 aromatic carbocycles. The third kappa shape index (κ3) is 12.1. The second kappa shape index (κ2) is 17.1. The first kappa shape index (κ1) is 41.6. The minimum atomic E-state index is -5.08. The molecule has 53 heavy (non-hydrogen) atoms. The first-order valence-electron chi connectivity index (χ1n) is 14.7. The third-order valence-electron chi connectivity index (χ3n) is 6.91. The molecule has 1 unspecified atom stereocenters. The number of aromatic nitrogens is 2. The van der Waals surface area contributed by atoms with E-state index in [1.54, 1.807) is 42.1 Å². The summed E-state index contributed by atoms with van der Waals surface area (Å²) in [5.41, 5.74) is 3.99. The maximum Gasteiger partial charge on any atom is 0.490 e. The molecule has 0 bridgehead atoms. The molecular weight excluding hydrogens is 746 g/mol. The van der Waals surface area contributed by atoms with E-state index in [-0.39, 0.29) is 17.9 Å². The lowest BCUT2D eigenvalue weighted by Crippen LogP contribution is -2.42. The third-order valence-corrected chi connectivity index (χ3v) is 8.80. The van der Waals surface area contributed by atoms with Crippen LogP contribution in [0.25, 0.3) is 10.9 Å². The molecule has 2 aromatic heterocycles. The maximum absolute atomic E-state index is 13.4. The molecule has 0 radical (unpaired) electrons. The van der Waals surface area contributed by atoms with Gasteiger partial charge in [0.1, 0.15) is 12.4 Å². The minimum Gasteiger partial charge on any atom is -0.489 e. The number of carbonyl (C=O) groups excluding carboxylic acids is 1. The first-order chi connectivity index (χ1) is 24.7. The van der Waals surface area contributed by atoms with Gasteiger partial charge in [-0.25, -0.2) is 23.5 Å². The zero-order valence-electron chi connectivity index (χ0n) is 27.1. The van der Waals surface area contributed by atoms with E-state index in [0.717, 1.165) is 22.2 Å². The molecule has 0 fully saturated rings. The molecule has 0 spiro atoms. The Morgan fingerprint density at radius 2 is 1.49 bits per heavy atom. The maximum atomic E-state index is 13.4. The standard InChI is InChI=1S/C28H26N4O6S.2C2HF3O2/c1-19-14-21(24-4-2-3-5-25(24)30-19)17-37-22-6-8-23(9-7-22)39(35,36)18-28(16-27(33)31-34)15-26(32-38-28)20-10-12-29-13-11-20;2*3-2(4,5)1(6)7/h2-14,34H,15-18H2,1H3,(H,31,33);2*(H,6,7). The molecule has 284 valence electrons. The molecule has 1 atom stereocenters. The Labute approximate surface area is 295 Å². The lowest BCUT2D eigenvalue weighted by Gasteiger charge is -2.25. The van der Waals surface area contributed by atoms with Crippen molar-refractivity contribution in [3.8, 4) is 5.75 Å². The van der Waals surface area contributed by atoms with Crippen LogP contribution in [0.15, 0.2) is 89.2 Å². The van der Waals surface area contributed by atoms with Gasteiger partial charge in [0, 0.05) is 41.0 Å². The van der Waals surface area contributed by atoms with E-state index in [1.165, 1.54) is 12.1 Å². The van der Waals surface area contributed by atoms with Gasteiger partial charge in [0.15, 0.2) is 15.4 Å². The minimum absolute atomic E-state index is 0.0461. The molecule has 1 aliphatic heterocycles. The number of halogens is 6. The van der Waals surface area contributed by atoms with Crippen molar-refractivity contribution in [1.29, 1.82) is 0 Å². The summed E-state index contributed by atoms with van der Waals surface area (Å²) in [6, 6.07) is 19.3. The van der Waals surface area contributed by atoms with Crippen molar-refractivity contribution in [2.24, 2.45) is 5.16 Å². The summed E-state index contributed by atoms with van der Waals surface area (Å²) in [4.78, 5) is 44.0. The molecule has 3 heterocycles. The quantitative estimate of drug-likeness (QED) is 0.100. The van der Waals surface area contributed by atoms with E-state index in [0.29, 0.717) is 17.0 Å². The highest BCUT2D eigenvalue weighted by atomic mass is 32.2. The molecule has 4 N–H and O–H groups in total.